The van der Waals surface area contributed by atoms with Crippen molar-refractivity contribution in [1.82, 2.24) is 16.2 Å². The number of hydrazine groups is 1. The molecule has 9 nitrogen and oxygen atoms in total. The van der Waals surface area contributed by atoms with E-state index in [1.807, 2.05) is 36.4 Å². The molecule has 0 radical (unpaired) electrons. The molecule has 3 aromatic carbocycles. The summed E-state index contributed by atoms with van der Waals surface area (Å²) in [7, 11) is 0. The average Bonchev–Trinajstić information content (AvgIpc) is 2.76. The minimum Gasteiger partial charge on any atom is -0.483 e. The van der Waals surface area contributed by atoms with Gasteiger partial charge in [0.25, 0.3) is 17.5 Å². The lowest BCUT2D eigenvalue weighted by Gasteiger charge is -2.12. The van der Waals surface area contributed by atoms with Crippen LogP contribution in [0.2, 0.25) is 5.02 Å². The third-order valence-corrected chi connectivity index (χ3v) is 4.58. The monoisotopic (exact) mass is 458 g/mol. The Kier molecular flexibility index (Phi) is 6.96. The van der Waals surface area contributed by atoms with Crippen molar-refractivity contribution in [3.05, 3.63) is 81.4 Å². The molecule has 158 valence electrons. The fourth-order valence-electron chi connectivity index (χ4n) is 2.63. The number of benzene rings is 3. The Morgan fingerprint density at radius 1 is 1.06 bits per heavy atom. The lowest BCUT2D eigenvalue weighted by Crippen LogP contribution is -2.49. The summed E-state index contributed by atoms with van der Waals surface area (Å²) in [6.07, 6.45) is 0. The van der Waals surface area contributed by atoms with E-state index >= 15 is 0 Å². The van der Waals surface area contributed by atoms with Crippen molar-refractivity contribution in [1.29, 1.82) is 0 Å². The average molecular weight is 459 g/mol. The Bertz CT molecular complexity index is 1180. The number of nitro groups is 1. The molecule has 2 amide bonds. The van der Waals surface area contributed by atoms with Gasteiger partial charge in [-0.2, -0.15) is 0 Å². The summed E-state index contributed by atoms with van der Waals surface area (Å²) in [4.78, 5) is 34.4. The zero-order valence-corrected chi connectivity index (χ0v) is 17.3. The summed E-state index contributed by atoms with van der Waals surface area (Å²) in [5.74, 6) is -0.696. The van der Waals surface area contributed by atoms with Gasteiger partial charge in [0.05, 0.1) is 4.92 Å². The van der Waals surface area contributed by atoms with Gasteiger partial charge in [0, 0.05) is 17.0 Å². The normalized spacial score (nSPS) is 10.2. The van der Waals surface area contributed by atoms with E-state index in [4.69, 9.17) is 28.6 Å². The van der Waals surface area contributed by atoms with Crippen LogP contribution in [0.3, 0.4) is 0 Å². The maximum absolute atomic E-state index is 12.2. The number of nitrogens with zero attached hydrogens (tertiary/aromatic N) is 1. The molecule has 0 heterocycles. The van der Waals surface area contributed by atoms with Crippen molar-refractivity contribution in [2.45, 2.75) is 0 Å². The van der Waals surface area contributed by atoms with E-state index in [9.17, 15) is 19.7 Å². The molecule has 0 aliphatic heterocycles. The zero-order chi connectivity index (χ0) is 22.4. The van der Waals surface area contributed by atoms with Crippen molar-refractivity contribution in [2.24, 2.45) is 0 Å². The van der Waals surface area contributed by atoms with Crippen LogP contribution in [-0.2, 0) is 4.79 Å². The molecule has 0 fully saturated rings. The van der Waals surface area contributed by atoms with Crippen molar-refractivity contribution < 1.29 is 19.2 Å². The van der Waals surface area contributed by atoms with E-state index in [1.165, 1.54) is 12.1 Å². The molecular weight excluding hydrogens is 444 g/mol. The summed E-state index contributed by atoms with van der Waals surface area (Å²) in [5.41, 5.74) is 4.23. The molecule has 0 aliphatic carbocycles. The second-order valence-electron chi connectivity index (χ2n) is 6.15. The van der Waals surface area contributed by atoms with Crippen LogP contribution in [0.5, 0.6) is 5.75 Å². The SMILES string of the molecule is O=C(COc1cccc2ccccc12)NNC(=S)NC(=O)c1ccc(Cl)c([N+](=O)[O-])c1. The third-order valence-electron chi connectivity index (χ3n) is 4.06. The fraction of sp³-hybridized carbons (Fsp3) is 0.0500. The first-order valence-electron chi connectivity index (χ1n) is 8.80. The summed E-state index contributed by atoms with van der Waals surface area (Å²) in [6.45, 7) is -0.291. The number of carbonyl (C=O) groups excluding carboxylic acids is 2. The molecule has 31 heavy (non-hydrogen) atoms. The Balaban J connectivity index is 1.50. The number of thiocarbonyl (C=S) groups is 1. The van der Waals surface area contributed by atoms with Gasteiger partial charge in [-0.05, 0) is 35.8 Å². The van der Waals surface area contributed by atoms with Crippen LogP contribution in [0, 0.1) is 10.1 Å². The number of halogens is 1. The number of rotatable bonds is 5. The molecule has 0 saturated heterocycles. The Morgan fingerprint density at radius 3 is 2.58 bits per heavy atom. The predicted octanol–water partition coefficient (Wildman–Crippen LogP) is 3.12. The topological polar surface area (TPSA) is 123 Å². The Labute approximate surface area is 186 Å². The minimum absolute atomic E-state index is 0.0223. The van der Waals surface area contributed by atoms with E-state index in [0.29, 0.717) is 5.75 Å². The van der Waals surface area contributed by atoms with Gasteiger partial charge in [-0.15, -0.1) is 0 Å². The van der Waals surface area contributed by atoms with Gasteiger partial charge in [-0.25, -0.2) is 0 Å². The second-order valence-corrected chi connectivity index (χ2v) is 6.96. The number of hydrogen-bond donors (Lipinski definition) is 3. The number of fused-ring (bicyclic) bond motifs is 1. The molecule has 0 unspecified atom stereocenters. The number of ether oxygens (including phenoxy) is 1. The standard InChI is InChI=1S/C20H15ClN4O5S/c21-15-9-8-13(10-16(15)25(28)29)19(27)22-20(31)24-23-18(26)11-30-17-7-3-5-12-4-1-2-6-14(12)17/h1-10H,11H2,(H,23,26)(H2,22,24,27,31). The zero-order valence-electron chi connectivity index (χ0n) is 15.8. The molecule has 0 bridgehead atoms. The lowest BCUT2D eigenvalue weighted by molar-refractivity contribution is -0.384. The molecule has 11 heteroatoms. The van der Waals surface area contributed by atoms with Gasteiger partial charge in [-0.1, -0.05) is 48.0 Å². The van der Waals surface area contributed by atoms with Crippen molar-refractivity contribution in [3.8, 4) is 5.75 Å². The quantitative estimate of drug-likeness (QED) is 0.305. The van der Waals surface area contributed by atoms with Crippen molar-refractivity contribution >= 4 is 57.2 Å². The van der Waals surface area contributed by atoms with Gasteiger partial charge in [0.2, 0.25) is 0 Å². The largest absolute Gasteiger partial charge is 0.483 e. The van der Waals surface area contributed by atoms with Gasteiger partial charge in [-0.3, -0.25) is 35.9 Å². The Hall–Kier alpha value is -3.76. The van der Waals surface area contributed by atoms with Crippen LogP contribution in [0.1, 0.15) is 10.4 Å². The summed E-state index contributed by atoms with van der Waals surface area (Å²) >= 11 is 10.7. The van der Waals surface area contributed by atoms with E-state index in [1.54, 1.807) is 6.07 Å². The highest BCUT2D eigenvalue weighted by Crippen LogP contribution is 2.25. The number of nitrogens with one attached hydrogen (secondary N) is 3. The van der Waals surface area contributed by atoms with E-state index in [0.717, 1.165) is 16.8 Å². The van der Waals surface area contributed by atoms with Crippen LogP contribution < -0.4 is 20.9 Å². The van der Waals surface area contributed by atoms with Crippen molar-refractivity contribution in [2.75, 3.05) is 6.61 Å². The number of carbonyl (C=O) groups is 2. The molecule has 0 aliphatic rings. The molecule has 0 aromatic heterocycles. The van der Waals surface area contributed by atoms with Crippen LogP contribution in [-0.4, -0.2) is 28.5 Å². The molecule has 0 atom stereocenters. The molecule has 3 rings (SSSR count). The van der Waals surface area contributed by atoms with Crippen LogP contribution in [0.25, 0.3) is 10.8 Å². The van der Waals surface area contributed by atoms with E-state index < -0.39 is 22.4 Å². The summed E-state index contributed by atoms with van der Waals surface area (Å²) in [5, 5.41) is 14.8. The molecule has 0 saturated carbocycles. The van der Waals surface area contributed by atoms with Gasteiger partial charge >= 0.3 is 0 Å². The summed E-state index contributed by atoms with van der Waals surface area (Å²) < 4.78 is 5.55. The van der Waals surface area contributed by atoms with Gasteiger partial charge in [0.15, 0.2) is 11.7 Å². The van der Waals surface area contributed by atoms with Crippen LogP contribution >= 0.6 is 23.8 Å². The molecule has 3 aromatic rings. The molecular formula is C20H15ClN4O5S. The predicted molar refractivity (Wildman–Crippen MR) is 119 cm³/mol. The fourth-order valence-corrected chi connectivity index (χ4v) is 2.96. The maximum Gasteiger partial charge on any atom is 0.288 e. The molecule has 0 spiro atoms. The van der Waals surface area contributed by atoms with Gasteiger partial charge in [0.1, 0.15) is 10.8 Å². The first kappa shape index (κ1) is 21.9. The van der Waals surface area contributed by atoms with Crippen LogP contribution in [0.4, 0.5) is 5.69 Å². The minimum atomic E-state index is -0.710. The number of amides is 2. The second kappa shape index (κ2) is 9.83. The highest BCUT2D eigenvalue weighted by Gasteiger charge is 2.17. The van der Waals surface area contributed by atoms with Crippen molar-refractivity contribution in [3.63, 3.8) is 0 Å². The maximum atomic E-state index is 12.2. The van der Waals surface area contributed by atoms with Gasteiger partial charge < -0.3 is 4.74 Å². The molecule has 3 N–H and O–H groups in total. The number of hydrogen-bond acceptors (Lipinski definition) is 6. The first-order chi connectivity index (χ1) is 14.8. The number of nitro benzene ring substituents is 1. The first-order valence-corrected chi connectivity index (χ1v) is 9.58. The lowest BCUT2D eigenvalue weighted by atomic mass is 10.1. The highest BCUT2D eigenvalue weighted by molar-refractivity contribution is 7.80. The third kappa shape index (κ3) is 5.65. The van der Waals surface area contributed by atoms with E-state index in [-0.39, 0.29) is 22.3 Å². The highest BCUT2D eigenvalue weighted by atomic mass is 35.5. The smallest absolute Gasteiger partial charge is 0.288 e. The van der Waals surface area contributed by atoms with E-state index in [2.05, 4.69) is 16.2 Å². The van der Waals surface area contributed by atoms with Crippen LogP contribution in [0.15, 0.2) is 60.7 Å². The Morgan fingerprint density at radius 2 is 1.81 bits per heavy atom. The summed E-state index contributed by atoms with van der Waals surface area (Å²) in [6, 6.07) is 16.7.